The molecule has 0 spiro atoms. The molecule has 0 atom stereocenters. The molecule has 84 valence electrons. The van der Waals surface area contributed by atoms with Gasteiger partial charge in [0.15, 0.2) is 5.16 Å². The Bertz CT molecular complexity index is 290. The average molecular weight is 225 g/mol. The van der Waals surface area contributed by atoms with Gasteiger partial charge >= 0.3 is 0 Å². The number of hydrogen-bond donors (Lipinski definition) is 1. The first-order valence-electron chi connectivity index (χ1n) is 5.20. The number of nitrogens with zero attached hydrogens (tertiary/aromatic N) is 2. The van der Waals surface area contributed by atoms with Crippen LogP contribution in [0.15, 0.2) is 17.6 Å². The predicted octanol–water partition coefficient (Wildman–Crippen LogP) is 2.48. The fourth-order valence-electron chi connectivity index (χ4n) is 1.01. The normalized spacial score (nSPS) is 11.7. The SMILES string of the molecule is CCSc1ncc(CNC(C)(C)C)cn1. The van der Waals surface area contributed by atoms with E-state index in [-0.39, 0.29) is 5.54 Å². The summed E-state index contributed by atoms with van der Waals surface area (Å²) in [7, 11) is 0. The molecule has 0 unspecified atom stereocenters. The van der Waals surface area contributed by atoms with Crippen molar-refractivity contribution in [1.29, 1.82) is 0 Å². The van der Waals surface area contributed by atoms with Crippen molar-refractivity contribution in [2.24, 2.45) is 0 Å². The predicted molar refractivity (Wildman–Crippen MR) is 65.0 cm³/mol. The Morgan fingerprint density at radius 3 is 2.33 bits per heavy atom. The maximum Gasteiger partial charge on any atom is 0.187 e. The van der Waals surface area contributed by atoms with Crippen LogP contribution in [0.25, 0.3) is 0 Å². The van der Waals surface area contributed by atoms with E-state index in [4.69, 9.17) is 0 Å². The lowest BCUT2D eigenvalue weighted by Gasteiger charge is -2.20. The minimum atomic E-state index is 0.136. The highest BCUT2D eigenvalue weighted by Gasteiger charge is 2.08. The molecule has 0 aliphatic carbocycles. The van der Waals surface area contributed by atoms with Crippen molar-refractivity contribution >= 4 is 11.8 Å². The van der Waals surface area contributed by atoms with Crippen LogP contribution in [0.1, 0.15) is 33.3 Å². The van der Waals surface area contributed by atoms with Crippen LogP contribution in [0.2, 0.25) is 0 Å². The minimum Gasteiger partial charge on any atom is -0.308 e. The zero-order valence-corrected chi connectivity index (χ0v) is 10.7. The molecule has 3 nitrogen and oxygen atoms in total. The van der Waals surface area contributed by atoms with Gasteiger partial charge in [-0.15, -0.1) is 0 Å². The second-order valence-corrected chi connectivity index (χ2v) is 5.64. The topological polar surface area (TPSA) is 37.8 Å². The number of rotatable bonds is 4. The molecule has 1 rings (SSSR count). The Hall–Kier alpha value is -0.610. The van der Waals surface area contributed by atoms with Crippen molar-refractivity contribution in [3.05, 3.63) is 18.0 Å². The van der Waals surface area contributed by atoms with Crippen LogP contribution in [0.3, 0.4) is 0 Å². The van der Waals surface area contributed by atoms with Crippen LogP contribution in [-0.4, -0.2) is 21.3 Å². The van der Waals surface area contributed by atoms with Crippen LogP contribution >= 0.6 is 11.8 Å². The van der Waals surface area contributed by atoms with Gasteiger partial charge in [0.2, 0.25) is 0 Å². The highest BCUT2D eigenvalue weighted by molar-refractivity contribution is 7.99. The third-order valence-electron chi connectivity index (χ3n) is 1.78. The molecule has 0 bridgehead atoms. The van der Waals surface area contributed by atoms with Gasteiger partial charge in [-0.05, 0) is 26.5 Å². The molecule has 15 heavy (non-hydrogen) atoms. The Kier molecular flexibility index (Phi) is 4.54. The third-order valence-corrected chi connectivity index (χ3v) is 2.54. The first-order chi connectivity index (χ1) is 7.01. The summed E-state index contributed by atoms with van der Waals surface area (Å²) in [5.74, 6) is 1.01. The third kappa shape index (κ3) is 5.14. The maximum absolute atomic E-state index is 4.28. The van der Waals surface area contributed by atoms with Gasteiger partial charge in [0.1, 0.15) is 0 Å². The van der Waals surface area contributed by atoms with Gasteiger partial charge in [0.25, 0.3) is 0 Å². The molecular formula is C11H19N3S. The van der Waals surface area contributed by atoms with E-state index in [9.17, 15) is 0 Å². The van der Waals surface area contributed by atoms with E-state index >= 15 is 0 Å². The van der Waals surface area contributed by atoms with Crippen molar-refractivity contribution in [3.8, 4) is 0 Å². The first kappa shape index (κ1) is 12.5. The summed E-state index contributed by atoms with van der Waals surface area (Å²) >= 11 is 1.66. The molecule has 0 aromatic carbocycles. The van der Waals surface area contributed by atoms with Gasteiger partial charge in [0, 0.05) is 30.0 Å². The Labute approximate surface area is 96.1 Å². The van der Waals surface area contributed by atoms with E-state index in [1.54, 1.807) is 11.8 Å². The lowest BCUT2D eigenvalue weighted by atomic mass is 10.1. The van der Waals surface area contributed by atoms with Crippen LogP contribution < -0.4 is 5.32 Å². The van der Waals surface area contributed by atoms with Crippen molar-refractivity contribution in [2.45, 2.75) is 44.9 Å². The smallest absolute Gasteiger partial charge is 0.187 e. The summed E-state index contributed by atoms with van der Waals surface area (Å²) in [6.07, 6.45) is 3.79. The molecule has 1 aromatic rings. The first-order valence-corrected chi connectivity index (χ1v) is 6.18. The van der Waals surface area contributed by atoms with E-state index in [0.717, 1.165) is 23.0 Å². The molecular weight excluding hydrogens is 206 g/mol. The molecule has 0 saturated heterocycles. The zero-order valence-electron chi connectivity index (χ0n) is 9.87. The second-order valence-electron chi connectivity index (χ2n) is 4.41. The molecule has 0 radical (unpaired) electrons. The van der Waals surface area contributed by atoms with Crippen molar-refractivity contribution < 1.29 is 0 Å². The van der Waals surface area contributed by atoms with Crippen LogP contribution in [0.4, 0.5) is 0 Å². The summed E-state index contributed by atoms with van der Waals surface area (Å²) in [4.78, 5) is 8.56. The lowest BCUT2D eigenvalue weighted by molar-refractivity contribution is 0.423. The summed E-state index contributed by atoms with van der Waals surface area (Å²) in [6, 6.07) is 0. The van der Waals surface area contributed by atoms with Gasteiger partial charge in [-0.1, -0.05) is 18.7 Å². The fraction of sp³-hybridized carbons (Fsp3) is 0.636. The maximum atomic E-state index is 4.28. The van der Waals surface area contributed by atoms with Crippen LogP contribution in [0, 0.1) is 0 Å². The number of aromatic nitrogens is 2. The number of hydrogen-bond acceptors (Lipinski definition) is 4. The van der Waals surface area contributed by atoms with Gasteiger partial charge in [-0.3, -0.25) is 0 Å². The standard InChI is InChI=1S/C11H19N3S/c1-5-15-10-12-6-9(7-13-10)8-14-11(2,3)4/h6-7,14H,5,8H2,1-4H3. The Morgan fingerprint density at radius 1 is 1.27 bits per heavy atom. The second kappa shape index (κ2) is 5.47. The monoisotopic (exact) mass is 225 g/mol. The quantitative estimate of drug-likeness (QED) is 0.631. The Morgan fingerprint density at radius 2 is 1.87 bits per heavy atom. The van der Waals surface area contributed by atoms with Crippen LogP contribution in [0.5, 0.6) is 0 Å². The van der Waals surface area contributed by atoms with E-state index in [1.165, 1.54) is 0 Å². The molecule has 0 amide bonds. The van der Waals surface area contributed by atoms with Gasteiger partial charge in [0.05, 0.1) is 0 Å². The highest BCUT2D eigenvalue weighted by Crippen LogP contribution is 2.11. The highest BCUT2D eigenvalue weighted by atomic mass is 32.2. The summed E-state index contributed by atoms with van der Waals surface area (Å²) < 4.78 is 0. The fourth-order valence-corrected chi connectivity index (χ4v) is 1.52. The van der Waals surface area contributed by atoms with Crippen LogP contribution in [-0.2, 0) is 6.54 Å². The summed E-state index contributed by atoms with van der Waals surface area (Å²) in [5.41, 5.74) is 1.27. The van der Waals surface area contributed by atoms with E-state index in [2.05, 4.69) is 43.0 Å². The molecule has 4 heteroatoms. The van der Waals surface area contributed by atoms with Crippen molar-refractivity contribution in [2.75, 3.05) is 5.75 Å². The Balaban J connectivity index is 2.50. The van der Waals surface area contributed by atoms with Gasteiger partial charge < -0.3 is 5.32 Å². The largest absolute Gasteiger partial charge is 0.308 e. The van der Waals surface area contributed by atoms with E-state index in [0.29, 0.717) is 0 Å². The van der Waals surface area contributed by atoms with Gasteiger partial charge in [-0.2, -0.15) is 0 Å². The molecule has 1 aromatic heterocycles. The molecule has 1 heterocycles. The van der Waals surface area contributed by atoms with Crippen molar-refractivity contribution in [3.63, 3.8) is 0 Å². The number of nitrogens with one attached hydrogen (secondary N) is 1. The molecule has 0 aliphatic rings. The van der Waals surface area contributed by atoms with E-state index < -0.39 is 0 Å². The zero-order chi connectivity index (χ0) is 11.3. The van der Waals surface area contributed by atoms with Crippen molar-refractivity contribution in [1.82, 2.24) is 15.3 Å². The summed E-state index contributed by atoms with van der Waals surface area (Å²) in [5, 5.41) is 4.26. The van der Waals surface area contributed by atoms with E-state index in [1.807, 2.05) is 12.4 Å². The lowest BCUT2D eigenvalue weighted by Crippen LogP contribution is -2.35. The summed E-state index contributed by atoms with van der Waals surface area (Å²) in [6.45, 7) is 9.36. The average Bonchev–Trinajstić information content (AvgIpc) is 2.16. The minimum absolute atomic E-state index is 0.136. The molecule has 1 N–H and O–H groups in total. The molecule has 0 fully saturated rings. The molecule has 0 saturated carbocycles. The number of thioether (sulfide) groups is 1. The van der Waals surface area contributed by atoms with Gasteiger partial charge in [-0.25, -0.2) is 9.97 Å². The molecule has 0 aliphatic heterocycles.